The number of carbonyl (C=O) groups is 1. The van der Waals surface area contributed by atoms with E-state index in [1.165, 1.54) is 11.0 Å². The standard InChI is InChI=1S/C23H23NO6S/c1-15-20(29-13-21(25)24(2)17-10-11-31(27,28)14-17)9-8-18-19(12-22(26)30-23(15)18)16-6-4-3-5-7-16/h3-9,12,17H,10-11,13-14H2,1-2H3/t17-/m1/s1. The first-order valence-corrected chi connectivity index (χ1v) is 11.8. The molecule has 0 unspecified atom stereocenters. The van der Waals surface area contributed by atoms with Crippen molar-refractivity contribution in [2.24, 2.45) is 0 Å². The van der Waals surface area contributed by atoms with E-state index in [2.05, 4.69) is 0 Å². The molecule has 0 aliphatic carbocycles. The number of carbonyl (C=O) groups excluding carboxylic acids is 1. The number of nitrogens with zero attached hydrogens (tertiary/aromatic N) is 1. The summed E-state index contributed by atoms with van der Waals surface area (Å²) in [6.07, 6.45) is 0.437. The van der Waals surface area contributed by atoms with Crippen molar-refractivity contribution >= 4 is 26.7 Å². The van der Waals surface area contributed by atoms with Gasteiger partial charge in [-0.1, -0.05) is 30.3 Å². The lowest BCUT2D eigenvalue weighted by molar-refractivity contribution is -0.133. The molecule has 1 saturated heterocycles. The van der Waals surface area contributed by atoms with Gasteiger partial charge in [0.15, 0.2) is 16.4 Å². The normalized spacial score (nSPS) is 17.5. The second-order valence-corrected chi connectivity index (χ2v) is 9.99. The van der Waals surface area contributed by atoms with E-state index in [1.54, 1.807) is 26.1 Å². The van der Waals surface area contributed by atoms with Crippen molar-refractivity contribution in [1.82, 2.24) is 4.90 Å². The van der Waals surface area contributed by atoms with Crippen molar-refractivity contribution in [3.05, 3.63) is 64.5 Å². The number of aryl methyl sites for hydroxylation is 1. The predicted molar refractivity (Wildman–Crippen MR) is 118 cm³/mol. The van der Waals surface area contributed by atoms with Crippen molar-refractivity contribution < 1.29 is 22.4 Å². The van der Waals surface area contributed by atoms with Gasteiger partial charge in [0.1, 0.15) is 11.3 Å². The maximum Gasteiger partial charge on any atom is 0.336 e. The Hall–Kier alpha value is -3.13. The van der Waals surface area contributed by atoms with Gasteiger partial charge < -0.3 is 14.1 Å². The molecule has 0 radical (unpaired) electrons. The summed E-state index contributed by atoms with van der Waals surface area (Å²) >= 11 is 0. The third-order valence-corrected chi connectivity index (χ3v) is 7.45. The molecule has 162 valence electrons. The van der Waals surface area contributed by atoms with Crippen LogP contribution < -0.4 is 10.4 Å². The molecule has 0 bridgehead atoms. The average molecular weight is 442 g/mol. The summed E-state index contributed by atoms with van der Waals surface area (Å²) in [5, 5.41) is 0.773. The van der Waals surface area contributed by atoms with Gasteiger partial charge in [0.2, 0.25) is 0 Å². The van der Waals surface area contributed by atoms with Gasteiger partial charge in [0, 0.05) is 30.1 Å². The smallest absolute Gasteiger partial charge is 0.336 e. The first-order chi connectivity index (χ1) is 14.7. The van der Waals surface area contributed by atoms with Crippen LogP contribution in [0.5, 0.6) is 5.75 Å². The summed E-state index contributed by atoms with van der Waals surface area (Å²) in [4.78, 5) is 26.1. The predicted octanol–water partition coefficient (Wildman–Crippen LogP) is 2.79. The quantitative estimate of drug-likeness (QED) is 0.565. The second kappa shape index (κ2) is 8.19. The lowest BCUT2D eigenvalue weighted by atomic mass is 10.0. The molecule has 2 heterocycles. The van der Waals surface area contributed by atoms with E-state index in [0.717, 1.165) is 16.5 Å². The maximum absolute atomic E-state index is 12.5. The highest BCUT2D eigenvalue weighted by Crippen LogP contribution is 2.33. The number of benzene rings is 2. The molecule has 1 aliphatic rings. The third kappa shape index (κ3) is 4.34. The minimum absolute atomic E-state index is 0.0162. The fourth-order valence-corrected chi connectivity index (χ4v) is 5.66. The molecule has 31 heavy (non-hydrogen) atoms. The number of hydrogen-bond donors (Lipinski definition) is 0. The Morgan fingerprint density at radius 3 is 2.61 bits per heavy atom. The number of ether oxygens (including phenoxy) is 1. The van der Waals surface area contributed by atoms with Crippen molar-refractivity contribution in [1.29, 1.82) is 0 Å². The zero-order chi connectivity index (χ0) is 22.2. The SMILES string of the molecule is Cc1c(OCC(=O)N(C)[C@@H]2CCS(=O)(=O)C2)ccc2c(-c3ccccc3)cc(=O)oc12. The van der Waals surface area contributed by atoms with Gasteiger partial charge in [-0.2, -0.15) is 0 Å². The van der Waals surface area contributed by atoms with E-state index in [4.69, 9.17) is 9.15 Å². The van der Waals surface area contributed by atoms with E-state index in [1.807, 2.05) is 30.3 Å². The summed E-state index contributed by atoms with van der Waals surface area (Å²) < 4.78 is 34.5. The van der Waals surface area contributed by atoms with Crippen LogP contribution in [-0.2, 0) is 14.6 Å². The zero-order valence-electron chi connectivity index (χ0n) is 17.3. The number of hydrogen-bond acceptors (Lipinski definition) is 6. The van der Waals surface area contributed by atoms with E-state index >= 15 is 0 Å². The van der Waals surface area contributed by atoms with Crippen LogP contribution in [0.4, 0.5) is 0 Å². The number of amides is 1. The lowest BCUT2D eigenvalue weighted by Crippen LogP contribution is -2.40. The largest absolute Gasteiger partial charge is 0.483 e. The van der Waals surface area contributed by atoms with Gasteiger partial charge >= 0.3 is 5.63 Å². The molecule has 0 spiro atoms. The molecule has 4 rings (SSSR count). The van der Waals surface area contributed by atoms with E-state index in [-0.39, 0.29) is 30.1 Å². The van der Waals surface area contributed by atoms with Crippen LogP contribution in [0.3, 0.4) is 0 Å². The van der Waals surface area contributed by atoms with Gasteiger partial charge in [-0.05, 0) is 36.6 Å². The first kappa shape index (κ1) is 21.1. The lowest BCUT2D eigenvalue weighted by Gasteiger charge is -2.23. The Bertz CT molecular complexity index is 1300. The van der Waals surface area contributed by atoms with Crippen LogP contribution in [0.25, 0.3) is 22.1 Å². The summed E-state index contributed by atoms with van der Waals surface area (Å²) in [6.45, 7) is 1.54. The van der Waals surface area contributed by atoms with Crippen LogP contribution in [0, 0.1) is 6.92 Å². The zero-order valence-corrected chi connectivity index (χ0v) is 18.1. The highest BCUT2D eigenvalue weighted by atomic mass is 32.2. The van der Waals surface area contributed by atoms with Crippen LogP contribution in [0.1, 0.15) is 12.0 Å². The van der Waals surface area contributed by atoms with Crippen LogP contribution in [-0.4, -0.2) is 50.4 Å². The Kier molecular flexibility index (Phi) is 5.58. The summed E-state index contributed by atoms with van der Waals surface area (Å²) in [5.74, 6) is 0.211. The van der Waals surface area contributed by atoms with E-state index < -0.39 is 15.5 Å². The Morgan fingerprint density at radius 1 is 1.19 bits per heavy atom. The highest BCUT2D eigenvalue weighted by molar-refractivity contribution is 7.91. The topological polar surface area (TPSA) is 93.9 Å². The van der Waals surface area contributed by atoms with Crippen molar-refractivity contribution in [3.8, 4) is 16.9 Å². The number of rotatable bonds is 5. The molecular weight excluding hydrogens is 418 g/mol. The van der Waals surface area contributed by atoms with Gasteiger partial charge in [0.05, 0.1) is 11.5 Å². The summed E-state index contributed by atoms with van der Waals surface area (Å²) in [5.41, 5.74) is 2.22. The Balaban J connectivity index is 1.57. The summed E-state index contributed by atoms with van der Waals surface area (Å²) in [6, 6.07) is 14.2. The molecule has 8 heteroatoms. The van der Waals surface area contributed by atoms with Gasteiger partial charge in [-0.3, -0.25) is 4.79 Å². The Morgan fingerprint density at radius 2 is 1.94 bits per heavy atom. The molecule has 0 saturated carbocycles. The molecule has 1 amide bonds. The number of fused-ring (bicyclic) bond motifs is 1. The number of likely N-dealkylation sites (N-methyl/N-ethyl adjacent to an activating group) is 1. The fraction of sp³-hybridized carbons (Fsp3) is 0.304. The molecule has 7 nitrogen and oxygen atoms in total. The minimum atomic E-state index is -3.08. The molecule has 1 aromatic heterocycles. The van der Waals surface area contributed by atoms with Crippen LogP contribution >= 0.6 is 0 Å². The van der Waals surface area contributed by atoms with Crippen molar-refractivity contribution in [2.45, 2.75) is 19.4 Å². The molecule has 2 aromatic carbocycles. The highest BCUT2D eigenvalue weighted by Gasteiger charge is 2.32. The first-order valence-electron chi connectivity index (χ1n) is 9.97. The maximum atomic E-state index is 12.5. The number of sulfone groups is 1. The molecule has 1 atom stereocenters. The van der Waals surface area contributed by atoms with Gasteiger partial charge in [0.25, 0.3) is 5.91 Å². The van der Waals surface area contributed by atoms with E-state index in [9.17, 15) is 18.0 Å². The second-order valence-electron chi connectivity index (χ2n) is 7.76. The van der Waals surface area contributed by atoms with Gasteiger partial charge in [-0.25, -0.2) is 13.2 Å². The van der Waals surface area contributed by atoms with Crippen molar-refractivity contribution in [3.63, 3.8) is 0 Å². The molecule has 1 fully saturated rings. The monoisotopic (exact) mass is 441 g/mol. The van der Waals surface area contributed by atoms with Crippen LogP contribution in [0.2, 0.25) is 0 Å². The Labute approximate surface area is 180 Å². The molecular formula is C23H23NO6S. The van der Waals surface area contributed by atoms with Crippen molar-refractivity contribution in [2.75, 3.05) is 25.2 Å². The summed E-state index contributed by atoms with van der Waals surface area (Å²) in [7, 11) is -1.49. The third-order valence-electron chi connectivity index (χ3n) is 5.70. The minimum Gasteiger partial charge on any atom is -0.483 e. The molecule has 0 N–H and O–H groups in total. The average Bonchev–Trinajstić information content (AvgIpc) is 3.12. The van der Waals surface area contributed by atoms with Gasteiger partial charge in [-0.15, -0.1) is 0 Å². The molecule has 1 aliphatic heterocycles. The molecule has 3 aromatic rings. The van der Waals surface area contributed by atoms with E-state index in [0.29, 0.717) is 23.3 Å². The fourth-order valence-electron chi connectivity index (χ4n) is 3.88. The van der Waals surface area contributed by atoms with Crippen LogP contribution in [0.15, 0.2) is 57.7 Å².